The van der Waals surface area contributed by atoms with Crippen LogP contribution >= 0.6 is 0 Å². The van der Waals surface area contributed by atoms with Crippen LogP contribution in [0, 0.1) is 13.8 Å². The zero-order valence-electron chi connectivity index (χ0n) is 12.9. The van der Waals surface area contributed by atoms with Gasteiger partial charge in [-0.25, -0.2) is 0 Å². The predicted molar refractivity (Wildman–Crippen MR) is 82.0 cm³/mol. The van der Waals surface area contributed by atoms with E-state index in [2.05, 4.69) is 5.10 Å². The summed E-state index contributed by atoms with van der Waals surface area (Å²) in [5.41, 5.74) is 0.929. The molecule has 2 rings (SSSR count). The molecule has 1 atom stereocenters. The Morgan fingerprint density at radius 3 is 2.36 bits per heavy atom. The molecule has 0 aliphatic rings. The third-order valence-corrected chi connectivity index (χ3v) is 4.72. The Morgan fingerprint density at radius 2 is 1.86 bits per heavy atom. The van der Waals surface area contributed by atoms with Crippen molar-refractivity contribution in [2.75, 3.05) is 13.2 Å². The number of hydrogen-bond donors (Lipinski definition) is 1. The Labute approximate surface area is 130 Å². The summed E-state index contributed by atoms with van der Waals surface area (Å²) in [6, 6.07) is 6.41. The molecule has 0 saturated carbocycles. The quantitative estimate of drug-likeness (QED) is 0.817. The van der Waals surface area contributed by atoms with Gasteiger partial charge in [0.15, 0.2) is 0 Å². The van der Waals surface area contributed by atoms with Gasteiger partial charge in [0.1, 0.15) is 5.54 Å². The zero-order valence-corrected chi connectivity index (χ0v) is 13.7. The van der Waals surface area contributed by atoms with Crippen LogP contribution in [0.4, 0.5) is 0 Å². The highest BCUT2D eigenvalue weighted by Gasteiger charge is 2.30. The van der Waals surface area contributed by atoms with Crippen LogP contribution in [0.5, 0.6) is 0 Å². The van der Waals surface area contributed by atoms with E-state index in [1.807, 2.05) is 13.8 Å². The molecular formula is C15H20N2O4S. The van der Waals surface area contributed by atoms with Gasteiger partial charge in [0.2, 0.25) is 0 Å². The highest BCUT2D eigenvalue weighted by atomic mass is 32.2. The number of aromatic nitrogens is 2. The second kappa shape index (κ2) is 6.20. The van der Waals surface area contributed by atoms with Crippen molar-refractivity contribution >= 4 is 10.1 Å². The van der Waals surface area contributed by atoms with E-state index >= 15 is 0 Å². The number of aryl methyl sites for hydroxylation is 2. The fourth-order valence-corrected chi connectivity index (χ4v) is 2.88. The highest BCUT2D eigenvalue weighted by Crippen LogP contribution is 2.20. The topological polar surface area (TPSA) is 81.4 Å². The minimum atomic E-state index is -3.87. The van der Waals surface area contributed by atoms with Crippen LogP contribution in [0.15, 0.2) is 41.6 Å². The van der Waals surface area contributed by atoms with Gasteiger partial charge in [-0.2, -0.15) is 13.5 Å². The van der Waals surface area contributed by atoms with Gasteiger partial charge in [0.05, 0.1) is 24.3 Å². The van der Waals surface area contributed by atoms with E-state index in [-0.39, 0.29) is 18.1 Å². The summed E-state index contributed by atoms with van der Waals surface area (Å²) in [4.78, 5) is 0.0926. The van der Waals surface area contributed by atoms with E-state index in [9.17, 15) is 13.5 Å². The molecular weight excluding hydrogens is 304 g/mol. The lowest BCUT2D eigenvalue weighted by molar-refractivity contribution is 0.0818. The summed E-state index contributed by atoms with van der Waals surface area (Å²) in [5, 5.41) is 13.7. The predicted octanol–water partition coefficient (Wildman–Crippen LogP) is 1.61. The summed E-state index contributed by atoms with van der Waals surface area (Å²) in [6.45, 7) is 4.92. The molecule has 0 radical (unpaired) electrons. The fourth-order valence-electron chi connectivity index (χ4n) is 1.87. The van der Waals surface area contributed by atoms with Gasteiger partial charge < -0.3 is 5.11 Å². The summed E-state index contributed by atoms with van der Waals surface area (Å²) < 4.78 is 31.1. The van der Waals surface area contributed by atoms with Crippen LogP contribution < -0.4 is 0 Å². The fraction of sp³-hybridized carbons (Fsp3) is 0.400. The second-order valence-electron chi connectivity index (χ2n) is 5.65. The first-order chi connectivity index (χ1) is 10.3. The summed E-state index contributed by atoms with van der Waals surface area (Å²) in [7, 11) is -3.87. The first kappa shape index (κ1) is 16.7. The maximum Gasteiger partial charge on any atom is 0.297 e. The van der Waals surface area contributed by atoms with Crippen molar-refractivity contribution in [3.63, 3.8) is 0 Å². The SMILES string of the molecule is Cc1ccc(S(=O)(=O)OCC(C)(CO)n2cc(C)cn2)cc1. The van der Waals surface area contributed by atoms with Gasteiger partial charge >= 0.3 is 0 Å². The number of nitrogens with zero attached hydrogens (tertiary/aromatic N) is 2. The average molecular weight is 324 g/mol. The zero-order chi connectivity index (χ0) is 16.4. The third kappa shape index (κ3) is 3.55. The highest BCUT2D eigenvalue weighted by molar-refractivity contribution is 7.86. The molecule has 0 bridgehead atoms. The Kier molecular flexibility index (Phi) is 4.69. The van der Waals surface area contributed by atoms with Gasteiger partial charge in [-0.15, -0.1) is 0 Å². The molecule has 0 aliphatic heterocycles. The minimum Gasteiger partial charge on any atom is -0.394 e. The van der Waals surface area contributed by atoms with E-state index in [0.717, 1.165) is 11.1 Å². The maximum atomic E-state index is 12.2. The van der Waals surface area contributed by atoms with Crippen molar-refractivity contribution in [3.05, 3.63) is 47.8 Å². The lowest BCUT2D eigenvalue weighted by Gasteiger charge is -2.27. The standard InChI is InChI=1S/C15H20N2O4S/c1-12-4-6-14(7-5-12)22(19,20)21-11-15(3,10-18)17-9-13(2)8-16-17/h4-9,18H,10-11H2,1-3H3. The van der Waals surface area contributed by atoms with Crippen LogP contribution in [0.25, 0.3) is 0 Å². The number of benzene rings is 1. The first-order valence-electron chi connectivity index (χ1n) is 6.85. The normalized spacial score (nSPS) is 14.7. The van der Waals surface area contributed by atoms with Crippen molar-refractivity contribution in [1.29, 1.82) is 0 Å². The molecule has 0 spiro atoms. The maximum absolute atomic E-state index is 12.2. The number of hydrogen-bond acceptors (Lipinski definition) is 5. The molecule has 1 heterocycles. The molecule has 1 N–H and O–H groups in total. The molecule has 6 nitrogen and oxygen atoms in total. The Hall–Kier alpha value is -1.70. The van der Waals surface area contributed by atoms with Crippen LogP contribution in [0.2, 0.25) is 0 Å². The van der Waals surface area contributed by atoms with Crippen LogP contribution in [0.3, 0.4) is 0 Å². The van der Waals surface area contributed by atoms with Gasteiger partial charge in [0.25, 0.3) is 10.1 Å². The van der Waals surface area contributed by atoms with Crippen LogP contribution in [-0.2, 0) is 19.8 Å². The van der Waals surface area contributed by atoms with Gasteiger partial charge in [0, 0.05) is 6.20 Å². The van der Waals surface area contributed by atoms with E-state index in [0.29, 0.717) is 0 Å². The van der Waals surface area contributed by atoms with E-state index in [1.165, 1.54) is 16.8 Å². The van der Waals surface area contributed by atoms with Crippen molar-refractivity contribution < 1.29 is 17.7 Å². The Bertz CT molecular complexity index is 737. The molecule has 2 aromatic rings. The van der Waals surface area contributed by atoms with Gasteiger partial charge in [-0.05, 0) is 38.5 Å². The van der Waals surface area contributed by atoms with Gasteiger partial charge in [-0.3, -0.25) is 8.86 Å². The second-order valence-corrected chi connectivity index (χ2v) is 7.26. The number of aliphatic hydroxyl groups excluding tert-OH is 1. The molecule has 120 valence electrons. The van der Waals surface area contributed by atoms with Crippen molar-refractivity contribution in [3.8, 4) is 0 Å². The molecule has 0 saturated heterocycles. The van der Waals surface area contributed by atoms with E-state index in [4.69, 9.17) is 4.18 Å². The van der Waals surface area contributed by atoms with Crippen LogP contribution in [-0.4, -0.2) is 36.5 Å². The molecule has 1 unspecified atom stereocenters. The smallest absolute Gasteiger partial charge is 0.297 e. The lowest BCUT2D eigenvalue weighted by atomic mass is 10.1. The molecule has 1 aromatic heterocycles. The first-order valence-corrected chi connectivity index (χ1v) is 8.26. The number of rotatable bonds is 6. The largest absolute Gasteiger partial charge is 0.394 e. The van der Waals surface area contributed by atoms with Crippen molar-refractivity contribution in [2.45, 2.75) is 31.2 Å². The van der Waals surface area contributed by atoms with Crippen molar-refractivity contribution in [1.82, 2.24) is 9.78 Å². The molecule has 0 amide bonds. The summed E-state index contributed by atoms with van der Waals surface area (Å²) in [6.07, 6.45) is 3.38. The molecule has 0 fully saturated rings. The monoisotopic (exact) mass is 324 g/mol. The van der Waals surface area contributed by atoms with Crippen molar-refractivity contribution in [2.24, 2.45) is 0 Å². The van der Waals surface area contributed by atoms with Gasteiger partial charge in [-0.1, -0.05) is 17.7 Å². The molecule has 1 aromatic carbocycles. The molecule has 0 aliphatic carbocycles. The summed E-state index contributed by atoms with van der Waals surface area (Å²) in [5.74, 6) is 0. The average Bonchev–Trinajstić information content (AvgIpc) is 2.92. The summed E-state index contributed by atoms with van der Waals surface area (Å²) >= 11 is 0. The van der Waals surface area contributed by atoms with E-state index < -0.39 is 15.7 Å². The molecule has 22 heavy (non-hydrogen) atoms. The minimum absolute atomic E-state index is 0.0926. The molecule has 7 heteroatoms. The number of aliphatic hydroxyl groups is 1. The van der Waals surface area contributed by atoms with Crippen LogP contribution in [0.1, 0.15) is 18.1 Å². The Balaban J connectivity index is 2.17. The third-order valence-electron chi connectivity index (χ3n) is 3.44. The lowest BCUT2D eigenvalue weighted by Crippen LogP contribution is -2.40. The van der Waals surface area contributed by atoms with E-state index in [1.54, 1.807) is 31.5 Å². The Morgan fingerprint density at radius 1 is 1.23 bits per heavy atom.